The smallest absolute Gasteiger partial charge is 0.255 e. The molecule has 5 rings (SSSR count). The first-order chi connectivity index (χ1) is 15.1. The van der Waals surface area contributed by atoms with Crippen LogP contribution in [-0.2, 0) is 0 Å². The van der Waals surface area contributed by atoms with Crippen LogP contribution in [0.2, 0.25) is 0 Å². The molecule has 2 saturated heterocycles. The fourth-order valence-electron chi connectivity index (χ4n) is 4.81. The largest absolute Gasteiger partial charge is 0.477 e. The number of aromatic nitrogens is 3. The molecule has 4 heterocycles. The van der Waals surface area contributed by atoms with Crippen molar-refractivity contribution in [2.75, 3.05) is 6.61 Å². The normalized spacial score (nSPS) is 22.0. The van der Waals surface area contributed by atoms with Crippen LogP contribution in [-0.4, -0.2) is 44.4 Å². The van der Waals surface area contributed by atoms with Gasteiger partial charge in [-0.05, 0) is 56.0 Å². The Labute approximate surface area is 180 Å². The zero-order valence-electron chi connectivity index (χ0n) is 17.2. The number of hydrogen-bond acceptors (Lipinski definition) is 5. The van der Waals surface area contributed by atoms with Crippen LogP contribution in [0.3, 0.4) is 0 Å². The average molecular weight is 418 g/mol. The summed E-state index contributed by atoms with van der Waals surface area (Å²) in [4.78, 5) is 28.3. The molecular weight excluding hydrogens is 395 g/mol. The fourth-order valence-corrected chi connectivity index (χ4v) is 4.81. The van der Waals surface area contributed by atoms with Crippen LogP contribution >= 0.6 is 0 Å². The summed E-state index contributed by atoms with van der Waals surface area (Å²) < 4.78 is 20.0. The Morgan fingerprint density at radius 3 is 2.77 bits per heavy atom. The Balaban J connectivity index is 1.37. The highest BCUT2D eigenvalue weighted by molar-refractivity contribution is 6.00. The van der Waals surface area contributed by atoms with Crippen molar-refractivity contribution in [1.82, 2.24) is 19.9 Å². The molecule has 0 aliphatic carbocycles. The Hall–Kier alpha value is -3.35. The topological polar surface area (TPSA) is 68.2 Å². The molecule has 2 fully saturated rings. The summed E-state index contributed by atoms with van der Waals surface area (Å²) in [5.74, 6) is 0.642. The van der Waals surface area contributed by atoms with Crippen molar-refractivity contribution in [3.05, 3.63) is 71.9 Å². The van der Waals surface area contributed by atoms with Gasteiger partial charge < -0.3 is 9.64 Å². The van der Waals surface area contributed by atoms with Crippen molar-refractivity contribution in [2.45, 2.75) is 38.3 Å². The van der Waals surface area contributed by atoms with Crippen molar-refractivity contribution in [3.8, 4) is 17.3 Å². The number of aryl methyl sites for hydroxylation is 1. The monoisotopic (exact) mass is 418 g/mol. The first-order valence-electron chi connectivity index (χ1n) is 10.5. The fraction of sp³-hybridized carbons (Fsp3) is 0.333. The van der Waals surface area contributed by atoms with Gasteiger partial charge in [0.25, 0.3) is 5.91 Å². The van der Waals surface area contributed by atoms with E-state index in [-0.39, 0.29) is 23.9 Å². The van der Waals surface area contributed by atoms with Gasteiger partial charge in [0.2, 0.25) is 5.88 Å². The van der Waals surface area contributed by atoms with Crippen LogP contribution in [0.1, 0.15) is 35.2 Å². The first kappa shape index (κ1) is 19.6. The molecule has 0 radical (unpaired) electrons. The third-order valence-electron chi connectivity index (χ3n) is 6.25. The molecule has 3 atom stereocenters. The minimum atomic E-state index is -0.445. The second-order valence-corrected chi connectivity index (χ2v) is 8.25. The molecule has 1 amide bonds. The number of fused-ring (bicyclic) bond motifs is 2. The highest BCUT2D eigenvalue weighted by Crippen LogP contribution is 2.43. The summed E-state index contributed by atoms with van der Waals surface area (Å²) in [6, 6.07) is 9.99. The van der Waals surface area contributed by atoms with E-state index in [0.29, 0.717) is 29.4 Å². The van der Waals surface area contributed by atoms with Crippen molar-refractivity contribution >= 4 is 5.91 Å². The Morgan fingerprint density at radius 1 is 1.16 bits per heavy atom. The van der Waals surface area contributed by atoms with Gasteiger partial charge in [0.05, 0.1) is 12.2 Å². The van der Waals surface area contributed by atoms with E-state index in [9.17, 15) is 9.18 Å². The zero-order valence-corrected chi connectivity index (χ0v) is 17.2. The standard InChI is InChI=1S/C24H23FN4O2/c1-15-3-8-22(28-13-15)31-14-16-11-18-5-7-21(16)29(18)24(30)20-12-17(25)4-6-19(20)23-26-9-2-10-27-23/h2-4,6,8-10,12-13,16,18,21H,5,7,11,14H2,1H3. The lowest BCUT2D eigenvalue weighted by atomic mass is 9.90. The molecule has 3 unspecified atom stereocenters. The number of pyridine rings is 1. The van der Waals surface area contributed by atoms with E-state index in [0.717, 1.165) is 24.8 Å². The average Bonchev–Trinajstić information content (AvgIpc) is 3.37. The lowest BCUT2D eigenvalue weighted by molar-refractivity contribution is 0.0710. The van der Waals surface area contributed by atoms with Crippen LogP contribution in [0, 0.1) is 18.7 Å². The number of rotatable bonds is 5. The predicted molar refractivity (Wildman–Crippen MR) is 113 cm³/mol. The molecule has 2 aliphatic rings. The summed E-state index contributed by atoms with van der Waals surface area (Å²) in [6.45, 7) is 2.50. The van der Waals surface area contributed by atoms with Gasteiger partial charge in [-0.25, -0.2) is 19.3 Å². The Bertz CT molecular complexity index is 1090. The van der Waals surface area contributed by atoms with E-state index in [4.69, 9.17) is 4.74 Å². The number of carbonyl (C=O) groups is 1. The molecule has 31 heavy (non-hydrogen) atoms. The van der Waals surface area contributed by atoms with Crippen molar-refractivity contribution < 1.29 is 13.9 Å². The molecule has 3 aromatic rings. The minimum absolute atomic E-state index is 0.0794. The lowest BCUT2D eigenvalue weighted by Gasteiger charge is -2.25. The van der Waals surface area contributed by atoms with Gasteiger partial charge in [-0.2, -0.15) is 0 Å². The molecule has 1 aromatic carbocycles. The maximum atomic E-state index is 14.1. The van der Waals surface area contributed by atoms with Gasteiger partial charge in [-0.15, -0.1) is 0 Å². The number of halogens is 1. The summed E-state index contributed by atoms with van der Waals surface area (Å²) in [6.07, 6.45) is 7.79. The molecule has 7 heteroatoms. The minimum Gasteiger partial charge on any atom is -0.477 e. The maximum absolute atomic E-state index is 14.1. The van der Waals surface area contributed by atoms with E-state index in [1.54, 1.807) is 30.7 Å². The van der Waals surface area contributed by atoms with Crippen molar-refractivity contribution in [2.24, 2.45) is 5.92 Å². The van der Waals surface area contributed by atoms with Crippen molar-refractivity contribution in [1.29, 1.82) is 0 Å². The Kier molecular flexibility index (Phi) is 5.10. The summed E-state index contributed by atoms with van der Waals surface area (Å²) in [7, 11) is 0. The molecular formula is C24H23FN4O2. The predicted octanol–water partition coefficient (Wildman–Crippen LogP) is 4.06. The summed E-state index contributed by atoms with van der Waals surface area (Å²) in [5.41, 5.74) is 1.94. The molecule has 158 valence electrons. The van der Waals surface area contributed by atoms with Crippen molar-refractivity contribution in [3.63, 3.8) is 0 Å². The zero-order chi connectivity index (χ0) is 21.4. The van der Waals surface area contributed by atoms with E-state index >= 15 is 0 Å². The quantitative estimate of drug-likeness (QED) is 0.625. The molecule has 2 bridgehead atoms. The van der Waals surface area contributed by atoms with Gasteiger partial charge in [-0.3, -0.25) is 4.79 Å². The molecule has 0 spiro atoms. The van der Waals surface area contributed by atoms with E-state index in [2.05, 4.69) is 15.0 Å². The number of hydrogen-bond donors (Lipinski definition) is 0. The summed E-state index contributed by atoms with van der Waals surface area (Å²) in [5, 5.41) is 0. The van der Waals surface area contributed by atoms with E-state index in [1.165, 1.54) is 12.1 Å². The van der Waals surface area contributed by atoms with Crippen LogP contribution in [0.4, 0.5) is 4.39 Å². The second-order valence-electron chi connectivity index (χ2n) is 8.25. The van der Waals surface area contributed by atoms with Gasteiger partial charge in [0, 0.05) is 48.2 Å². The van der Waals surface area contributed by atoms with E-state index < -0.39 is 5.82 Å². The maximum Gasteiger partial charge on any atom is 0.255 e. The van der Waals surface area contributed by atoms with Crippen LogP contribution in [0.5, 0.6) is 5.88 Å². The number of carbonyl (C=O) groups excluding carboxylic acids is 1. The number of amides is 1. The number of ether oxygens (including phenoxy) is 1. The number of nitrogens with zero attached hydrogens (tertiary/aromatic N) is 4. The van der Waals surface area contributed by atoms with E-state index in [1.807, 2.05) is 24.0 Å². The van der Waals surface area contributed by atoms with Gasteiger partial charge in [0.15, 0.2) is 5.82 Å². The van der Waals surface area contributed by atoms with Gasteiger partial charge in [0.1, 0.15) is 5.82 Å². The molecule has 0 saturated carbocycles. The SMILES string of the molecule is Cc1ccc(OCC2CC3CCC2N3C(=O)c2cc(F)ccc2-c2ncccn2)nc1. The highest BCUT2D eigenvalue weighted by atomic mass is 19.1. The van der Waals surface area contributed by atoms with Gasteiger partial charge in [-0.1, -0.05) is 6.07 Å². The third-order valence-corrected chi connectivity index (χ3v) is 6.25. The van der Waals surface area contributed by atoms with Crippen LogP contribution in [0.15, 0.2) is 55.0 Å². The molecule has 2 aromatic heterocycles. The highest BCUT2D eigenvalue weighted by Gasteiger charge is 2.49. The van der Waals surface area contributed by atoms with Crippen LogP contribution < -0.4 is 4.74 Å². The lowest BCUT2D eigenvalue weighted by Crippen LogP contribution is -2.37. The first-order valence-corrected chi connectivity index (χ1v) is 10.5. The number of benzene rings is 1. The van der Waals surface area contributed by atoms with Crippen LogP contribution in [0.25, 0.3) is 11.4 Å². The third kappa shape index (κ3) is 3.76. The Morgan fingerprint density at radius 2 is 2.00 bits per heavy atom. The van der Waals surface area contributed by atoms with Gasteiger partial charge >= 0.3 is 0 Å². The second kappa shape index (κ2) is 8.06. The molecule has 2 aliphatic heterocycles. The summed E-state index contributed by atoms with van der Waals surface area (Å²) >= 11 is 0. The molecule has 0 N–H and O–H groups in total. The molecule has 6 nitrogen and oxygen atoms in total.